The molecule has 5 N–H and O–H groups in total. The number of carboxylic acids is 1. The molecule has 0 amide bonds. The summed E-state index contributed by atoms with van der Waals surface area (Å²) in [5, 5.41) is 27.9. The molecule has 1 rings (SSSR count). The summed E-state index contributed by atoms with van der Waals surface area (Å²) in [5.41, 5.74) is 5.96. The molecule has 4 atom stereocenters. The average Bonchev–Trinajstić information content (AvgIpc) is 3.03. The number of aliphatic carboxylic acids is 1. The molecular weight excluding hydrogens is 342 g/mol. The first-order chi connectivity index (χ1) is 12.8. The molecule has 0 spiro atoms. The van der Waals surface area contributed by atoms with E-state index < -0.39 is 17.7 Å². The molecule has 1 unspecified atom stereocenters. The molecule has 156 valence electrons. The molecule has 0 bridgehead atoms. The highest BCUT2D eigenvalue weighted by Crippen LogP contribution is 2.40. The Hall–Kier alpha value is -1.17. The Kier molecular flexibility index (Phi) is 10.9. The molecule has 5 heteroatoms. The topological polar surface area (TPSA) is 104 Å². The molecule has 0 saturated heterocycles. The molecule has 1 fully saturated rings. The fourth-order valence-corrected chi connectivity index (χ4v) is 3.95. The van der Waals surface area contributed by atoms with Gasteiger partial charge in [0.05, 0.1) is 0 Å². The van der Waals surface area contributed by atoms with Crippen molar-refractivity contribution in [3.05, 3.63) is 24.3 Å². The number of nitrogens with two attached hydrogens (primary N) is 1. The van der Waals surface area contributed by atoms with E-state index in [9.17, 15) is 15.0 Å². The Labute approximate surface area is 164 Å². The first-order valence-electron chi connectivity index (χ1n) is 10.5. The van der Waals surface area contributed by atoms with Gasteiger partial charge in [0.25, 0.3) is 5.79 Å². The molecule has 1 saturated carbocycles. The summed E-state index contributed by atoms with van der Waals surface area (Å²) in [4.78, 5) is 10.9. The number of rotatable bonds is 13. The van der Waals surface area contributed by atoms with Crippen molar-refractivity contribution in [3.63, 3.8) is 0 Å². The van der Waals surface area contributed by atoms with Crippen LogP contribution in [0, 0.1) is 23.7 Å². The van der Waals surface area contributed by atoms with Gasteiger partial charge in [0.1, 0.15) is 0 Å². The fourth-order valence-electron chi connectivity index (χ4n) is 3.95. The van der Waals surface area contributed by atoms with Crippen LogP contribution in [0.15, 0.2) is 24.3 Å². The van der Waals surface area contributed by atoms with E-state index in [-0.39, 0.29) is 0 Å². The number of carboxylic acid groups (broad SMARTS) is 1. The molecule has 5 nitrogen and oxygen atoms in total. The van der Waals surface area contributed by atoms with Gasteiger partial charge in [0, 0.05) is 5.92 Å². The summed E-state index contributed by atoms with van der Waals surface area (Å²) >= 11 is 0. The SMILES string of the molecule is CCCCCC/C=C/[C@H]1[C@H](CN)CC[C@@H]1C/C=C\CC(C)C(O)(O)C(=O)O. The highest BCUT2D eigenvalue weighted by atomic mass is 16.5. The lowest BCUT2D eigenvalue weighted by Gasteiger charge is -2.23. The molecule has 0 aliphatic heterocycles. The molecule has 27 heavy (non-hydrogen) atoms. The van der Waals surface area contributed by atoms with Crippen molar-refractivity contribution >= 4 is 5.97 Å². The largest absolute Gasteiger partial charge is 0.477 e. The summed E-state index contributed by atoms with van der Waals surface area (Å²) in [5.74, 6) is -3.42. The minimum Gasteiger partial charge on any atom is -0.477 e. The van der Waals surface area contributed by atoms with Crippen LogP contribution in [0.2, 0.25) is 0 Å². The molecule has 0 radical (unpaired) electrons. The Bertz CT molecular complexity index is 487. The van der Waals surface area contributed by atoms with Crippen molar-refractivity contribution < 1.29 is 20.1 Å². The van der Waals surface area contributed by atoms with Gasteiger partial charge in [0.2, 0.25) is 0 Å². The number of allylic oxidation sites excluding steroid dienone is 4. The number of aliphatic hydroxyl groups is 2. The second-order valence-corrected chi connectivity index (χ2v) is 8.06. The first-order valence-corrected chi connectivity index (χ1v) is 10.5. The van der Waals surface area contributed by atoms with E-state index in [1.54, 1.807) is 0 Å². The summed E-state index contributed by atoms with van der Waals surface area (Å²) in [6, 6.07) is 0. The fraction of sp³-hybridized carbons (Fsp3) is 0.773. The molecule has 1 aliphatic rings. The smallest absolute Gasteiger partial charge is 0.364 e. The Morgan fingerprint density at radius 2 is 1.85 bits per heavy atom. The van der Waals surface area contributed by atoms with Crippen LogP contribution < -0.4 is 5.73 Å². The Morgan fingerprint density at radius 1 is 1.15 bits per heavy atom. The normalized spacial score (nSPS) is 24.9. The van der Waals surface area contributed by atoms with Gasteiger partial charge >= 0.3 is 5.97 Å². The lowest BCUT2D eigenvalue weighted by Crippen LogP contribution is -2.44. The Morgan fingerprint density at radius 3 is 2.48 bits per heavy atom. The Balaban J connectivity index is 2.49. The van der Waals surface area contributed by atoms with Crippen LogP contribution in [0.25, 0.3) is 0 Å². The van der Waals surface area contributed by atoms with E-state index in [4.69, 9.17) is 10.8 Å². The van der Waals surface area contributed by atoms with Gasteiger partial charge in [-0.3, -0.25) is 0 Å². The highest BCUT2D eigenvalue weighted by Gasteiger charge is 2.38. The quantitative estimate of drug-likeness (QED) is 0.220. The van der Waals surface area contributed by atoms with Crippen molar-refractivity contribution in [1.29, 1.82) is 0 Å². The van der Waals surface area contributed by atoms with E-state index in [0.717, 1.165) is 32.2 Å². The molecule has 0 heterocycles. The van der Waals surface area contributed by atoms with Crippen LogP contribution in [-0.4, -0.2) is 33.6 Å². The lowest BCUT2D eigenvalue weighted by molar-refractivity contribution is -0.219. The number of hydrogen-bond donors (Lipinski definition) is 4. The third kappa shape index (κ3) is 7.76. The standard InChI is InChI=1S/C22H39NO4/c1-3-4-5-6-7-8-13-20-18(14-15-19(20)16-23)12-10-9-11-17(2)22(26,27)21(24)25/h8-10,13,17-20,26-27H,3-7,11-12,14-16,23H2,1-2H3,(H,24,25)/b10-9-,13-8+/t17?,18-,19-,20+/m0/s1. The van der Waals surface area contributed by atoms with Crippen LogP contribution in [0.4, 0.5) is 0 Å². The van der Waals surface area contributed by atoms with Crippen molar-refractivity contribution in [1.82, 2.24) is 0 Å². The zero-order chi connectivity index (χ0) is 20.3. The summed E-state index contributed by atoms with van der Waals surface area (Å²) in [6.07, 6.45) is 18.4. The third-order valence-electron chi connectivity index (χ3n) is 5.98. The third-order valence-corrected chi connectivity index (χ3v) is 5.98. The van der Waals surface area contributed by atoms with E-state index in [1.807, 2.05) is 6.08 Å². The monoisotopic (exact) mass is 381 g/mol. The van der Waals surface area contributed by atoms with Gasteiger partial charge in [-0.15, -0.1) is 0 Å². The van der Waals surface area contributed by atoms with Gasteiger partial charge in [-0.25, -0.2) is 4.79 Å². The molecule has 0 aromatic rings. The van der Waals surface area contributed by atoms with Crippen LogP contribution >= 0.6 is 0 Å². The zero-order valence-electron chi connectivity index (χ0n) is 17.0. The summed E-state index contributed by atoms with van der Waals surface area (Å²) < 4.78 is 0. The van der Waals surface area contributed by atoms with Gasteiger partial charge < -0.3 is 21.1 Å². The van der Waals surface area contributed by atoms with Gasteiger partial charge in [-0.05, 0) is 62.8 Å². The predicted octanol–water partition coefficient (Wildman–Crippen LogP) is 3.85. The van der Waals surface area contributed by atoms with Crippen LogP contribution in [0.5, 0.6) is 0 Å². The van der Waals surface area contributed by atoms with Crippen molar-refractivity contribution in [2.45, 2.75) is 77.4 Å². The van der Waals surface area contributed by atoms with E-state index >= 15 is 0 Å². The maximum Gasteiger partial charge on any atom is 0.364 e. The minimum atomic E-state index is -2.68. The van der Waals surface area contributed by atoms with Gasteiger partial charge in [-0.2, -0.15) is 0 Å². The van der Waals surface area contributed by atoms with Crippen LogP contribution in [0.1, 0.15) is 71.6 Å². The second-order valence-electron chi connectivity index (χ2n) is 8.06. The lowest BCUT2D eigenvalue weighted by atomic mass is 9.86. The zero-order valence-corrected chi connectivity index (χ0v) is 17.0. The van der Waals surface area contributed by atoms with E-state index in [0.29, 0.717) is 24.2 Å². The highest BCUT2D eigenvalue weighted by molar-refractivity contribution is 5.75. The van der Waals surface area contributed by atoms with Crippen molar-refractivity contribution in [2.24, 2.45) is 29.4 Å². The van der Waals surface area contributed by atoms with E-state index in [2.05, 4.69) is 25.2 Å². The first kappa shape index (κ1) is 23.9. The minimum absolute atomic E-state index is 0.324. The number of hydrogen-bond acceptors (Lipinski definition) is 4. The average molecular weight is 382 g/mol. The van der Waals surface area contributed by atoms with Crippen LogP contribution in [-0.2, 0) is 4.79 Å². The molecular formula is C22H39NO4. The van der Waals surface area contributed by atoms with Crippen molar-refractivity contribution in [2.75, 3.05) is 6.54 Å². The predicted molar refractivity (Wildman–Crippen MR) is 109 cm³/mol. The van der Waals surface area contributed by atoms with Gasteiger partial charge in [-0.1, -0.05) is 57.4 Å². The maximum absolute atomic E-state index is 10.9. The maximum atomic E-state index is 10.9. The van der Waals surface area contributed by atoms with E-state index in [1.165, 1.54) is 32.6 Å². The molecule has 0 aromatic heterocycles. The summed E-state index contributed by atoms with van der Waals surface area (Å²) in [6.45, 7) is 4.47. The molecule has 0 aromatic carbocycles. The molecule has 1 aliphatic carbocycles. The van der Waals surface area contributed by atoms with Crippen molar-refractivity contribution in [3.8, 4) is 0 Å². The second kappa shape index (κ2) is 12.3. The van der Waals surface area contributed by atoms with Crippen LogP contribution in [0.3, 0.4) is 0 Å². The number of carbonyl (C=O) groups is 1. The summed E-state index contributed by atoms with van der Waals surface area (Å²) in [7, 11) is 0. The number of unbranched alkanes of at least 4 members (excludes halogenated alkanes) is 4. The van der Waals surface area contributed by atoms with Gasteiger partial charge in [0.15, 0.2) is 0 Å².